The molecule has 40 heavy (non-hydrogen) atoms. The van der Waals surface area contributed by atoms with Crippen LogP contribution in [0.15, 0.2) is 23.3 Å². The highest BCUT2D eigenvalue weighted by atomic mass is 16.3. The predicted octanol–water partition coefficient (Wildman–Crippen LogP) is 3.20. The number of carbonyl (C=O) groups is 6. The monoisotopic (exact) mass is 552 g/mol. The van der Waals surface area contributed by atoms with Gasteiger partial charge in [-0.25, -0.2) is 0 Å². The van der Waals surface area contributed by atoms with Gasteiger partial charge < -0.3 is 19.8 Å². The van der Waals surface area contributed by atoms with E-state index in [1.165, 1.54) is 13.8 Å². The average molecular weight is 553 g/mol. The molecule has 0 amide bonds. The zero-order chi connectivity index (χ0) is 29.4. The van der Waals surface area contributed by atoms with Crippen molar-refractivity contribution >= 4 is 34.7 Å². The second-order valence-corrected chi connectivity index (χ2v) is 13.4. The van der Waals surface area contributed by atoms with Crippen LogP contribution in [-0.4, -0.2) is 56.1 Å². The van der Waals surface area contributed by atoms with E-state index in [0.29, 0.717) is 62.5 Å². The van der Waals surface area contributed by atoms with Crippen LogP contribution in [0, 0.1) is 34.5 Å². The van der Waals surface area contributed by atoms with Crippen LogP contribution in [0.25, 0.3) is 0 Å². The Bertz CT molecular complexity index is 1190. The summed E-state index contributed by atoms with van der Waals surface area (Å²) in [5.41, 5.74) is -3.32. The second kappa shape index (κ2) is 9.48. The summed E-state index contributed by atoms with van der Waals surface area (Å²) in [6.45, 7) is 5.98. The molecule has 6 rings (SSSR count). The largest absolute Gasteiger partial charge is 0.384 e. The van der Waals surface area contributed by atoms with Crippen molar-refractivity contribution in [3.05, 3.63) is 23.3 Å². The number of Topliss-reactive ketones (excluding diaryl/α,β-unsaturated/α-hetero) is 6. The van der Waals surface area contributed by atoms with Crippen molar-refractivity contribution in [1.82, 2.24) is 0 Å². The average Bonchev–Trinajstić information content (AvgIpc) is 3.39. The summed E-state index contributed by atoms with van der Waals surface area (Å²) in [5.74, 6) is -0.422. The zero-order valence-electron chi connectivity index (χ0n) is 23.9. The number of carbonyl (C=O) groups excluding carboxylic acids is 6. The second-order valence-electron chi connectivity index (χ2n) is 13.4. The summed E-state index contributed by atoms with van der Waals surface area (Å²) in [6, 6.07) is 0. The molecule has 8 nitrogen and oxygen atoms in total. The van der Waals surface area contributed by atoms with Gasteiger partial charge in [0.05, 0.1) is 10.8 Å². The first-order valence-electron chi connectivity index (χ1n) is 14.6. The number of rotatable bonds is 6. The van der Waals surface area contributed by atoms with Crippen LogP contribution in [0.5, 0.6) is 0 Å². The molecule has 0 heterocycles. The van der Waals surface area contributed by atoms with Crippen molar-refractivity contribution < 1.29 is 39.0 Å². The van der Waals surface area contributed by atoms with Gasteiger partial charge in [-0.15, -0.1) is 0 Å². The molecule has 216 valence electrons. The van der Waals surface area contributed by atoms with Gasteiger partial charge in [0.25, 0.3) is 0 Å². The third kappa shape index (κ3) is 3.78. The first-order chi connectivity index (χ1) is 18.6. The molecule has 0 aromatic heterocycles. The Morgan fingerprint density at radius 2 is 1.05 bits per heavy atom. The van der Waals surface area contributed by atoms with Crippen molar-refractivity contribution in [3.63, 3.8) is 0 Å². The van der Waals surface area contributed by atoms with Gasteiger partial charge in [-0.3, -0.25) is 19.2 Å². The molecular weight excluding hydrogens is 512 g/mol. The summed E-state index contributed by atoms with van der Waals surface area (Å²) in [5, 5.41) is 22.1. The highest BCUT2D eigenvalue weighted by molar-refractivity contribution is 6.04. The molecule has 6 aliphatic carbocycles. The van der Waals surface area contributed by atoms with Crippen molar-refractivity contribution in [2.75, 3.05) is 0 Å². The molecule has 6 aliphatic rings. The van der Waals surface area contributed by atoms with Gasteiger partial charge in [0.1, 0.15) is 34.3 Å². The van der Waals surface area contributed by atoms with Crippen LogP contribution in [-0.2, 0) is 28.8 Å². The van der Waals surface area contributed by atoms with Crippen LogP contribution >= 0.6 is 0 Å². The normalized spacial score (nSPS) is 42.4. The molecule has 0 aromatic rings. The molecule has 2 spiro atoms. The molecule has 8 heteroatoms. The van der Waals surface area contributed by atoms with E-state index in [-0.39, 0.29) is 58.4 Å². The lowest BCUT2D eigenvalue weighted by atomic mass is 9.65. The third-order valence-electron chi connectivity index (χ3n) is 11.3. The van der Waals surface area contributed by atoms with E-state index in [4.69, 9.17) is 0 Å². The van der Waals surface area contributed by atoms with Gasteiger partial charge in [-0.2, -0.15) is 0 Å². The molecule has 0 saturated heterocycles. The molecule has 0 aliphatic heterocycles. The topological polar surface area (TPSA) is 143 Å². The Morgan fingerprint density at radius 3 is 1.35 bits per heavy atom. The predicted molar refractivity (Wildman–Crippen MR) is 144 cm³/mol. The summed E-state index contributed by atoms with van der Waals surface area (Å²) < 4.78 is 0. The lowest BCUT2D eigenvalue weighted by Crippen LogP contribution is -2.48. The number of aliphatic hydroxyl groups is 2. The minimum Gasteiger partial charge on any atom is -0.384 e. The Hall–Kier alpha value is -2.58. The van der Waals surface area contributed by atoms with Gasteiger partial charge in [0.15, 0.2) is 11.6 Å². The maximum Gasteiger partial charge on any atom is 0.158 e. The minimum absolute atomic E-state index is 0.0356. The Kier molecular flexibility index (Phi) is 6.86. The maximum absolute atomic E-state index is 12.7. The SMILES string of the molecule is CC(=O)C[C@@H]1CC[C@]23CC=C(C(C)=O)[C@@]2(O)C[C@H]1C3=O.CC(=O)C[C@H]1CC[C@@]23CC=C(C(C)=O)[C@]2(O)C[C@@H]1C3=O. The van der Waals surface area contributed by atoms with Crippen LogP contribution in [0.1, 0.15) is 91.9 Å². The standard InChI is InChI=1S/2C16H20O4/c2*1-9(17)7-11-3-5-15-6-4-13(10(2)18)16(15,20)8-12(11)14(15)19/h2*4,11-12,20H,3,5-8H2,1-2H3/t2*11-,12+,15+,16-/m10/s1. The Balaban J connectivity index is 0.000000161. The quantitative estimate of drug-likeness (QED) is 0.511. The fourth-order valence-corrected chi connectivity index (χ4v) is 9.48. The number of ketones is 6. The van der Waals surface area contributed by atoms with E-state index in [1.54, 1.807) is 26.0 Å². The molecular formula is C32H40O8. The summed E-state index contributed by atoms with van der Waals surface area (Å²) in [4.78, 5) is 71.7. The fourth-order valence-electron chi connectivity index (χ4n) is 9.48. The van der Waals surface area contributed by atoms with Gasteiger partial charge in [0, 0.05) is 35.8 Å². The fraction of sp³-hybridized carbons (Fsp3) is 0.688. The number of hydrogen-bond acceptors (Lipinski definition) is 8. The van der Waals surface area contributed by atoms with Crippen LogP contribution in [0.4, 0.5) is 0 Å². The van der Waals surface area contributed by atoms with Crippen molar-refractivity contribution in [2.45, 2.75) is 103 Å². The van der Waals surface area contributed by atoms with Crippen LogP contribution in [0.2, 0.25) is 0 Å². The minimum atomic E-state index is -1.29. The van der Waals surface area contributed by atoms with Crippen molar-refractivity contribution in [2.24, 2.45) is 34.5 Å². The van der Waals surface area contributed by atoms with Crippen molar-refractivity contribution in [3.8, 4) is 0 Å². The van der Waals surface area contributed by atoms with Gasteiger partial charge in [-0.05, 0) is 90.9 Å². The van der Waals surface area contributed by atoms with Crippen molar-refractivity contribution in [1.29, 1.82) is 0 Å². The molecule has 0 unspecified atom stereocenters. The number of allylic oxidation sites excluding steroid dienone is 2. The zero-order valence-corrected chi connectivity index (χ0v) is 23.9. The summed E-state index contributed by atoms with van der Waals surface area (Å²) >= 11 is 0. The first kappa shape index (κ1) is 28.9. The maximum atomic E-state index is 12.7. The molecule has 4 saturated carbocycles. The van der Waals surface area contributed by atoms with E-state index in [0.717, 1.165) is 12.8 Å². The van der Waals surface area contributed by atoms with E-state index in [9.17, 15) is 39.0 Å². The first-order valence-corrected chi connectivity index (χ1v) is 14.6. The third-order valence-corrected chi connectivity index (χ3v) is 11.3. The molecule has 8 atom stereocenters. The smallest absolute Gasteiger partial charge is 0.158 e. The molecule has 4 bridgehead atoms. The summed E-state index contributed by atoms with van der Waals surface area (Å²) in [6.07, 6.45) is 8.64. The highest BCUT2D eigenvalue weighted by Crippen LogP contribution is 2.65. The van der Waals surface area contributed by atoms with E-state index < -0.39 is 22.0 Å². The Labute approximate surface area is 234 Å². The summed E-state index contributed by atoms with van der Waals surface area (Å²) in [7, 11) is 0. The Morgan fingerprint density at radius 1 is 0.700 bits per heavy atom. The van der Waals surface area contributed by atoms with E-state index in [2.05, 4.69) is 0 Å². The van der Waals surface area contributed by atoms with E-state index >= 15 is 0 Å². The molecule has 0 radical (unpaired) electrons. The van der Waals surface area contributed by atoms with E-state index in [1.807, 2.05) is 0 Å². The van der Waals surface area contributed by atoms with Crippen LogP contribution < -0.4 is 0 Å². The highest BCUT2D eigenvalue weighted by Gasteiger charge is 2.71. The van der Waals surface area contributed by atoms with Gasteiger partial charge in [0.2, 0.25) is 0 Å². The molecule has 0 aromatic carbocycles. The number of hydrogen-bond donors (Lipinski definition) is 2. The molecule has 2 N–H and O–H groups in total. The lowest BCUT2D eigenvalue weighted by molar-refractivity contribution is -0.141. The lowest BCUT2D eigenvalue weighted by Gasteiger charge is -2.39. The van der Waals surface area contributed by atoms with Gasteiger partial charge >= 0.3 is 0 Å². The number of fused-ring (bicyclic) bond motifs is 2. The molecule has 4 fully saturated rings. The van der Waals surface area contributed by atoms with Crippen LogP contribution in [0.3, 0.4) is 0 Å². The van der Waals surface area contributed by atoms with Gasteiger partial charge in [-0.1, -0.05) is 12.2 Å².